The van der Waals surface area contributed by atoms with Gasteiger partial charge in [0.2, 0.25) is 6.23 Å². The molecule has 3 unspecified atom stereocenters. The van der Waals surface area contributed by atoms with Crippen molar-refractivity contribution in [3.05, 3.63) is 41.7 Å². The van der Waals surface area contributed by atoms with Crippen LogP contribution in [-0.4, -0.2) is 60.8 Å². The third-order valence-electron chi connectivity index (χ3n) is 4.74. The maximum Gasteiger partial charge on any atom is 0.428 e. The molecule has 0 aliphatic carbocycles. The number of hydrogen-bond donors (Lipinski definition) is 7. The van der Waals surface area contributed by atoms with E-state index in [9.17, 15) is 27.2 Å². The number of carbonyl (C=O) groups is 2. The van der Waals surface area contributed by atoms with Crippen LogP contribution in [0.2, 0.25) is 0 Å². The zero-order valence-electron chi connectivity index (χ0n) is 17.7. The van der Waals surface area contributed by atoms with Crippen LogP contribution in [0.1, 0.15) is 6.92 Å². The Morgan fingerprint density at radius 1 is 1.35 bits per heavy atom. The standard InChI is InChI=1S/C19H22F4N8O3/c1-10(6-7-24)18(16(28-17(33)29-18)34-15(26)19(21,22)23)9-27-14(32)13(8-25)31-30-12-4-2-11(20)3-5-12/h2-8,15-16,24-25,30H,9,26H2,1H3,(H,27,32)(H2,28,29,33)/b10-6+,24-7?,25-8?,31-13+. The molecule has 1 heterocycles. The summed E-state index contributed by atoms with van der Waals surface area (Å²) in [6.45, 7) is 0.890. The summed E-state index contributed by atoms with van der Waals surface area (Å²) in [5, 5.41) is 25.3. The van der Waals surface area contributed by atoms with Gasteiger partial charge in [0.15, 0.2) is 11.9 Å². The normalized spacial score (nSPS) is 21.8. The van der Waals surface area contributed by atoms with Crippen LogP contribution in [0.15, 0.2) is 41.0 Å². The molecule has 3 amide bonds. The van der Waals surface area contributed by atoms with Crippen molar-refractivity contribution < 1.29 is 31.9 Å². The molecule has 15 heteroatoms. The van der Waals surface area contributed by atoms with E-state index >= 15 is 0 Å². The Balaban J connectivity index is 2.25. The molecule has 0 bridgehead atoms. The molecule has 2 rings (SSSR count). The molecule has 8 N–H and O–H groups in total. The van der Waals surface area contributed by atoms with Gasteiger partial charge < -0.3 is 31.5 Å². The van der Waals surface area contributed by atoms with Crippen molar-refractivity contribution in [3.8, 4) is 0 Å². The molecule has 1 aliphatic rings. The van der Waals surface area contributed by atoms with Gasteiger partial charge in [0, 0.05) is 12.8 Å². The minimum atomic E-state index is -4.94. The van der Waals surface area contributed by atoms with E-state index < -0.39 is 54.2 Å². The van der Waals surface area contributed by atoms with Crippen LogP contribution < -0.4 is 27.1 Å². The van der Waals surface area contributed by atoms with Gasteiger partial charge in [-0.3, -0.25) is 16.0 Å². The van der Waals surface area contributed by atoms with Crippen molar-refractivity contribution in [2.45, 2.75) is 31.1 Å². The van der Waals surface area contributed by atoms with Gasteiger partial charge in [-0.1, -0.05) is 0 Å². The third kappa shape index (κ3) is 6.35. The Labute approximate surface area is 190 Å². The number of ether oxygens (including phenoxy) is 1. The second-order valence-electron chi connectivity index (χ2n) is 7.01. The van der Waals surface area contributed by atoms with E-state index in [0.717, 1.165) is 18.3 Å². The molecule has 0 aromatic heterocycles. The first kappa shape index (κ1) is 26.4. The first-order valence-corrected chi connectivity index (χ1v) is 9.55. The number of allylic oxidation sites excluding steroid dienone is 1. The van der Waals surface area contributed by atoms with Gasteiger partial charge in [-0.2, -0.15) is 18.3 Å². The molecule has 0 saturated carbocycles. The molecule has 0 radical (unpaired) electrons. The Hall–Kier alpha value is -3.85. The number of rotatable bonds is 10. The molecule has 3 atom stereocenters. The molecule has 1 aromatic carbocycles. The third-order valence-corrected chi connectivity index (χ3v) is 4.74. The van der Waals surface area contributed by atoms with Crippen molar-refractivity contribution in [1.29, 1.82) is 10.8 Å². The highest BCUT2D eigenvalue weighted by molar-refractivity contribution is 6.60. The number of nitrogens with two attached hydrogens (primary N) is 1. The molecule has 1 aliphatic heterocycles. The highest BCUT2D eigenvalue weighted by atomic mass is 19.4. The van der Waals surface area contributed by atoms with Gasteiger partial charge in [-0.25, -0.2) is 9.18 Å². The number of nitrogens with one attached hydrogen (secondary N) is 6. The van der Waals surface area contributed by atoms with E-state index in [2.05, 4.69) is 26.5 Å². The van der Waals surface area contributed by atoms with Crippen LogP contribution in [0.4, 0.5) is 28.0 Å². The van der Waals surface area contributed by atoms with Crippen molar-refractivity contribution in [1.82, 2.24) is 16.0 Å². The van der Waals surface area contributed by atoms with Crippen molar-refractivity contribution in [3.63, 3.8) is 0 Å². The summed E-state index contributed by atoms with van der Waals surface area (Å²) in [5.74, 6) is -1.42. The fourth-order valence-corrected chi connectivity index (χ4v) is 2.88. The molecule has 11 nitrogen and oxygen atoms in total. The maximum atomic E-state index is 13.0. The predicted molar refractivity (Wildman–Crippen MR) is 115 cm³/mol. The lowest BCUT2D eigenvalue weighted by Gasteiger charge is -2.36. The lowest BCUT2D eigenvalue weighted by molar-refractivity contribution is -0.236. The van der Waals surface area contributed by atoms with Gasteiger partial charge in [0.25, 0.3) is 5.91 Å². The molecule has 34 heavy (non-hydrogen) atoms. The summed E-state index contributed by atoms with van der Waals surface area (Å²) in [6.07, 6.45) is -6.73. The van der Waals surface area contributed by atoms with E-state index in [4.69, 9.17) is 21.3 Å². The number of alkyl halides is 3. The quantitative estimate of drug-likeness (QED) is 0.114. The minimum absolute atomic E-state index is 0.165. The van der Waals surface area contributed by atoms with Crippen LogP contribution in [0.25, 0.3) is 0 Å². The fraction of sp³-hybridized carbons (Fsp3) is 0.316. The first-order valence-electron chi connectivity index (χ1n) is 9.55. The van der Waals surface area contributed by atoms with E-state index in [1.807, 2.05) is 0 Å². The Bertz CT molecular complexity index is 996. The molecule has 184 valence electrons. The predicted octanol–water partition coefficient (Wildman–Crippen LogP) is 1.20. The average molecular weight is 486 g/mol. The highest BCUT2D eigenvalue weighted by Gasteiger charge is 2.52. The maximum absolute atomic E-state index is 13.0. The largest absolute Gasteiger partial charge is 0.428 e. The zero-order valence-corrected chi connectivity index (χ0v) is 17.7. The van der Waals surface area contributed by atoms with Gasteiger partial charge >= 0.3 is 12.2 Å². The number of hydrazone groups is 1. The van der Waals surface area contributed by atoms with Crippen LogP contribution in [-0.2, 0) is 9.53 Å². The average Bonchev–Trinajstić information content (AvgIpc) is 3.09. The first-order chi connectivity index (χ1) is 15.9. The Kier molecular flexibility index (Phi) is 8.42. The molecular formula is C19H22F4N8O3. The summed E-state index contributed by atoms with van der Waals surface area (Å²) < 4.78 is 56.7. The van der Waals surface area contributed by atoms with Crippen LogP contribution in [0, 0.1) is 16.6 Å². The van der Waals surface area contributed by atoms with E-state index in [1.54, 1.807) is 0 Å². The van der Waals surface area contributed by atoms with E-state index in [1.165, 1.54) is 25.1 Å². The molecule has 1 fully saturated rings. The summed E-state index contributed by atoms with van der Waals surface area (Å²) in [7, 11) is 0. The Morgan fingerprint density at radius 3 is 2.56 bits per heavy atom. The monoisotopic (exact) mass is 486 g/mol. The number of benzene rings is 1. The fourth-order valence-electron chi connectivity index (χ4n) is 2.88. The number of urea groups is 1. The number of hydrogen-bond acceptors (Lipinski definition) is 8. The van der Waals surface area contributed by atoms with Crippen LogP contribution >= 0.6 is 0 Å². The second kappa shape index (κ2) is 10.8. The molecular weight excluding hydrogens is 464 g/mol. The number of halogens is 4. The van der Waals surface area contributed by atoms with Crippen LogP contribution in [0.3, 0.4) is 0 Å². The smallest absolute Gasteiger partial charge is 0.348 e. The van der Waals surface area contributed by atoms with Gasteiger partial charge in [0.1, 0.15) is 11.4 Å². The van der Waals surface area contributed by atoms with Crippen molar-refractivity contribution in [2.24, 2.45) is 10.8 Å². The number of nitrogens with zero attached hydrogens (tertiary/aromatic N) is 1. The molecule has 1 saturated heterocycles. The van der Waals surface area contributed by atoms with Gasteiger partial charge in [-0.15, -0.1) is 0 Å². The summed E-state index contributed by atoms with van der Waals surface area (Å²) in [5.41, 5.74) is 5.79. The number of carbonyl (C=O) groups excluding carboxylic acids is 2. The summed E-state index contributed by atoms with van der Waals surface area (Å²) in [4.78, 5) is 24.6. The number of anilines is 1. The van der Waals surface area contributed by atoms with Crippen LogP contribution in [0.5, 0.6) is 0 Å². The van der Waals surface area contributed by atoms with E-state index in [-0.39, 0.29) is 5.57 Å². The number of amides is 3. The second-order valence-corrected chi connectivity index (χ2v) is 7.01. The summed E-state index contributed by atoms with van der Waals surface area (Å²) in [6, 6.07) is 4.07. The Morgan fingerprint density at radius 2 is 2.00 bits per heavy atom. The SMILES string of the molecule is C/C(=C\C=N)C1(CNC(=O)/C(C=N)=N/Nc2ccc(F)cc2)NC(=O)NC1OC(N)C(F)(F)F. The van der Waals surface area contributed by atoms with Crippen molar-refractivity contribution in [2.75, 3.05) is 12.0 Å². The topological polar surface area (TPSA) is 178 Å². The highest BCUT2D eigenvalue weighted by Crippen LogP contribution is 2.29. The molecule has 1 aromatic rings. The van der Waals surface area contributed by atoms with Crippen molar-refractivity contribution >= 4 is 35.8 Å². The molecule has 0 spiro atoms. The van der Waals surface area contributed by atoms with Gasteiger partial charge in [0.05, 0.1) is 11.9 Å². The van der Waals surface area contributed by atoms with Gasteiger partial charge in [-0.05, 0) is 42.8 Å². The summed E-state index contributed by atoms with van der Waals surface area (Å²) >= 11 is 0. The minimum Gasteiger partial charge on any atom is -0.348 e. The lowest BCUT2D eigenvalue weighted by atomic mass is 9.89. The lowest BCUT2D eigenvalue weighted by Crippen LogP contribution is -2.61. The zero-order chi connectivity index (χ0) is 25.5. The van der Waals surface area contributed by atoms with E-state index in [0.29, 0.717) is 11.9 Å².